The lowest BCUT2D eigenvalue weighted by molar-refractivity contribution is -0.133. The van der Waals surface area contributed by atoms with Crippen LogP contribution in [0.3, 0.4) is 0 Å². The Morgan fingerprint density at radius 1 is 1.08 bits per heavy atom. The predicted molar refractivity (Wildman–Crippen MR) is 92.7 cm³/mol. The van der Waals surface area contributed by atoms with Gasteiger partial charge >= 0.3 is 5.97 Å². The van der Waals surface area contributed by atoms with Gasteiger partial charge in [0.1, 0.15) is 5.70 Å². The lowest BCUT2D eigenvalue weighted by atomic mass is 10.0. The van der Waals surface area contributed by atoms with E-state index in [-0.39, 0.29) is 17.2 Å². The number of rotatable bonds is 5. The zero-order chi connectivity index (χ0) is 17.1. The number of nitrogens with one attached hydrogen (secondary N) is 1. The van der Waals surface area contributed by atoms with E-state index in [0.29, 0.717) is 17.8 Å². The number of carboxylic acids is 1. The van der Waals surface area contributed by atoms with Gasteiger partial charge in [0.15, 0.2) is 0 Å². The van der Waals surface area contributed by atoms with E-state index in [2.05, 4.69) is 5.32 Å². The number of aliphatic carboxylic acids is 1. The summed E-state index contributed by atoms with van der Waals surface area (Å²) in [6, 6.07) is 17.8. The van der Waals surface area contributed by atoms with Crippen molar-refractivity contribution in [3.05, 3.63) is 71.9 Å². The van der Waals surface area contributed by atoms with Crippen LogP contribution < -0.4 is 10.2 Å². The molecule has 0 radical (unpaired) electrons. The molecule has 1 atom stereocenters. The van der Waals surface area contributed by atoms with Gasteiger partial charge < -0.3 is 10.4 Å². The molecule has 1 amide bonds. The van der Waals surface area contributed by atoms with Gasteiger partial charge in [0, 0.05) is 11.4 Å². The van der Waals surface area contributed by atoms with Crippen LogP contribution in [0.25, 0.3) is 0 Å². The highest BCUT2D eigenvalue weighted by molar-refractivity contribution is 6.17. The Hall–Kier alpha value is -3.08. The van der Waals surface area contributed by atoms with Crippen LogP contribution in [0.1, 0.15) is 13.3 Å². The highest BCUT2D eigenvalue weighted by Gasteiger charge is 2.42. The van der Waals surface area contributed by atoms with E-state index in [0.717, 1.165) is 0 Å². The summed E-state index contributed by atoms with van der Waals surface area (Å²) in [4.78, 5) is 26.3. The Morgan fingerprint density at radius 3 is 2.21 bits per heavy atom. The number of carbonyl (C=O) groups is 2. The minimum absolute atomic E-state index is 0.107. The summed E-state index contributed by atoms with van der Waals surface area (Å²) in [5, 5.41) is 12.7. The van der Waals surface area contributed by atoms with Gasteiger partial charge in [-0.2, -0.15) is 0 Å². The first-order valence-electron chi connectivity index (χ1n) is 7.81. The average molecular weight is 322 g/mol. The van der Waals surface area contributed by atoms with Crippen molar-refractivity contribution in [2.24, 2.45) is 0 Å². The monoisotopic (exact) mass is 322 g/mol. The molecule has 2 N–H and O–H groups in total. The molecule has 2 aromatic rings. The molecule has 2 aromatic carbocycles. The largest absolute Gasteiger partial charge is 0.478 e. The van der Waals surface area contributed by atoms with Crippen molar-refractivity contribution in [1.29, 1.82) is 0 Å². The molecule has 0 fully saturated rings. The zero-order valence-corrected chi connectivity index (χ0v) is 13.3. The summed E-state index contributed by atoms with van der Waals surface area (Å²) in [6.07, 6.45) is 0.516. The summed E-state index contributed by atoms with van der Waals surface area (Å²) in [7, 11) is 0. The lowest BCUT2D eigenvalue weighted by Crippen LogP contribution is -2.36. The second kappa shape index (κ2) is 6.58. The van der Waals surface area contributed by atoms with Crippen molar-refractivity contribution in [1.82, 2.24) is 0 Å². The Labute approximate surface area is 140 Å². The maximum absolute atomic E-state index is 12.9. The molecule has 5 heteroatoms. The van der Waals surface area contributed by atoms with Gasteiger partial charge in [-0.1, -0.05) is 43.3 Å². The minimum atomic E-state index is -1.08. The molecular weight excluding hydrogens is 304 g/mol. The molecule has 1 aliphatic heterocycles. The molecule has 0 bridgehead atoms. The van der Waals surface area contributed by atoms with Crippen LogP contribution in [0.5, 0.6) is 0 Å². The van der Waals surface area contributed by atoms with Crippen LogP contribution in [0.4, 0.5) is 11.4 Å². The highest BCUT2D eigenvalue weighted by Crippen LogP contribution is 2.33. The first kappa shape index (κ1) is 15.8. The van der Waals surface area contributed by atoms with E-state index in [9.17, 15) is 14.7 Å². The van der Waals surface area contributed by atoms with Crippen LogP contribution in [0.2, 0.25) is 0 Å². The SMILES string of the molecule is CCC1C(C(=O)O)=C(Nc2ccccc2)C(=O)N1c1ccccc1. The van der Waals surface area contributed by atoms with Gasteiger partial charge in [0.05, 0.1) is 11.6 Å². The van der Waals surface area contributed by atoms with Gasteiger partial charge in [-0.05, 0) is 30.7 Å². The Morgan fingerprint density at radius 2 is 1.67 bits per heavy atom. The normalized spacial score (nSPS) is 17.3. The number of para-hydroxylation sites is 2. The number of nitrogens with zero attached hydrogens (tertiary/aromatic N) is 1. The van der Waals surface area contributed by atoms with E-state index in [1.807, 2.05) is 55.5 Å². The summed E-state index contributed by atoms with van der Waals surface area (Å²) < 4.78 is 0. The smallest absolute Gasteiger partial charge is 0.336 e. The fourth-order valence-corrected chi connectivity index (χ4v) is 2.98. The molecule has 1 heterocycles. The quantitative estimate of drug-likeness (QED) is 0.886. The fraction of sp³-hybridized carbons (Fsp3) is 0.158. The van der Waals surface area contributed by atoms with Crippen molar-refractivity contribution in [3.63, 3.8) is 0 Å². The van der Waals surface area contributed by atoms with Crippen molar-refractivity contribution in [2.45, 2.75) is 19.4 Å². The van der Waals surface area contributed by atoms with Crippen LogP contribution in [0.15, 0.2) is 71.9 Å². The maximum Gasteiger partial charge on any atom is 0.336 e. The molecule has 1 aliphatic rings. The summed E-state index contributed by atoms with van der Waals surface area (Å²) in [6.45, 7) is 1.88. The van der Waals surface area contributed by atoms with Crippen molar-refractivity contribution in [2.75, 3.05) is 10.2 Å². The number of benzene rings is 2. The third-order valence-electron chi connectivity index (χ3n) is 4.04. The number of hydrogen-bond donors (Lipinski definition) is 2. The van der Waals surface area contributed by atoms with Crippen molar-refractivity contribution in [3.8, 4) is 0 Å². The molecule has 0 spiro atoms. The zero-order valence-electron chi connectivity index (χ0n) is 13.3. The third kappa shape index (κ3) is 2.76. The molecule has 0 saturated carbocycles. The third-order valence-corrected chi connectivity index (χ3v) is 4.04. The number of amides is 1. The van der Waals surface area contributed by atoms with E-state index >= 15 is 0 Å². The van der Waals surface area contributed by atoms with E-state index < -0.39 is 12.0 Å². The molecule has 0 saturated heterocycles. The maximum atomic E-state index is 12.9. The second-order valence-corrected chi connectivity index (χ2v) is 5.52. The first-order chi connectivity index (χ1) is 11.6. The number of hydrogen-bond acceptors (Lipinski definition) is 3. The minimum Gasteiger partial charge on any atom is -0.478 e. The number of anilines is 2. The van der Waals surface area contributed by atoms with Crippen LogP contribution in [-0.2, 0) is 9.59 Å². The number of carbonyl (C=O) groups excluding carboxylic acids is 1. The number of carboxylic acid groups (broad SMARTS) is 1. The molecular formula is C19H18N2O3. The van der Waals surface area contributed by atoms with E-state index in [1.54, 1.807) is 17.0 Å². The Balaban J connectivity index is 2.05. The molecule has 1 unspecified atom stereocenters. The highest BCUT2D eigenvalue weighted by atomic mass is 16.4. The average Bonchev–Trinajstić information content (AvgIpc) is 2.89. The van der Waals surface area contributed by atoms with E-state index in [1.165, 1.54) is 0 Å². The van der Waals surface area contributed by atoms with Gasteiger partial charge in [-0.3, -0.25) is 9.69 Å². The van der Waals surface area contributed by atoms with Crippen molar-refractivity contribution >= 4 is 23.3 Å². The predicted octanol–water partition coefficient (Wildman–Crippen LogP) is 3.26. The molecule has 122 valence electrons. The molecule has 5 nitrogen and oxygen atoms in total. The van der Waals surface area contributed by atoms with Gasteiger partial charge in [0.25, 0.3) is 5.91 Å². The van der Waals surface area contributed by atoms with Crippen LogP contribution in [0, 0.1) is 0 Å². The summed E-state index contributed by atoms with van der Waals surface area (Å²) in [5.74, 6) is -1.40. The fourth-order valence-electron chi connectivity index (χ4n) is 2.98. The topological polar surface area (TPSA) is 69.6 Å². The summed E-state index contributed by atoms with van der Waals surface area (Å²) in [5.41, 5.74) is 1.61. The second-order valence-electron chi connectivity index (χ2n) is 5.52. The standard InChI is InChI=1S/C19H18N2O3/c1-2-15-16(19(23)24)17(20-13-9-5-3-6-10-13)18(22)21(15)14-11-7-4-8-12-14/h3-12,15,20H,2H2,1H3,(H,23,24). The Bertz CT molecular complexity index is 785. The lowest BCUT2D eigenvalue weighted by Gasteiger charge is -2.25. The van der Waals surface area contributed by atoms with Crippen molar-refractivity contribution < 1.29 is 14.7 Å². The summed E-state index contributed by atoms with van der Waals surface area (Å²) >= 11 is 0. The van der Waals surface area contributed by atoms with Gasteiger partial charge in [-0.25, -0.2) is 4.79 Å². The van der Waals surface area contributed by atoms with Crippen LogP contribution >= 0.6 is 0 Å². The molecule has 0 aliphatic carbocycles. The molecule has 0 aromatic heterocycles. The molecule has 24 heavy (non-hydrogen) atoms. The van der Waals surface area contributed by atoms with E-state index in [4.69, 9.17) is 0 Å². The Kier molecular flexibility index (Phi) is 4.33. The van der Waals surface area contributed by atoms with Crippen LogP contribution in [-0.4, -0.2) is 23.0 Å². The van der Waals surface area contributed by atoms with Gasteiger partial charge in [-0.15, -0.1) is 0 Å². The molecule has 3 rings (SSSR count). The van der Waals surface area contributed by atoms with Gasteiger partial charge in [0.2, 0.25) is 0 Å². The first-order valence-corrected chi connectivity index (χ1v) is 7.81.